The van der Waals surface area contributed by atoms with Crippen molar-refractivity contribution in [2.75, 3.05) is 19.8 Å². The van der Waals surface area contributed by atoms with Gasteiger partial charge in [-0.15, -0.1) is 0 Å². The number of carboxylic acids is 1. The number of amides is 3. The van der Waals surface area contributed by atoms with Gasteiger partial charge in [-0.2, -0.15) is 0 Å². The second-order valence-electron chi connectivity index (χ2n) is 11.4. The van der Waals surface area contributed by atoms with Gasteiger partial charge in [-0.1, -0.05) is 93.1 Å². The van der Waals surface area contributed by atoms with Crippen LogP contribution in [0.2, 0.25) is 0 Å². The van der Waals surface area contributed by atoms with Gasteiger partial charge in [-0.05, 0) is 41.7 Å². The molecule has 1 unspecified atom stereocenters. The van der Waals surface area contributed by atoms with Crippen molar-refractivity contribution < 1.29 is 94.4 Å². The molecule has 0 heterocycles. The molecule has 4 atom stereocenters. The summed E-state index contributed by atoms with van der Waals surface area (Å²) in [4.78, 5) is 62.4. The van der Waals surface area contributed by atoms with E-state index in [4.69, 9.17) is 9.26 Å². The van der Waals surface area contributed by atoms with Crippen LogP contribution in [0.25, 0.3) is 0 Å². The van der Waals surface area contributed by atoms with Crippen LogP contribution in [0.4, 0.5) is 0 Å². The van der Waals surface area contributed by atoms with Crippen LogP contribution in [-0.2, 0) is 47.8 Å². The summed E-state index contributed by atoms with van der Waals surface area (Å²) in [6, 6.07) is 23.4. The molecule has 3 amide bonds. The van der Waals surface area contributed by atoms with Crippen LogP contribution in [-0.4, -0.2) is 65.3 Å². The van der Waals surface area contributed by atoms with Gasteiger partial charge < -0.3 is 35.1 Å². The van der Waals surface area contributed by atoms with Crippen molar-refractivity contribution in [3.05, 3.63) is 102 Å². The number of aliphatic carboxylic acids is 1. The summed E-state index contributed by atoms with van der Waals surface area (Å²) in [5, 5.41) is 18.2. The fourth-order valence-electron chi connectivity index (χ4n) is 4.85. The van der Waals surface area contributed by atoms with E-state index in [0.717, 1.165) is 11.1 Å². The fourth-order valence-corrected chi connectivity index (χ4v) is 6.00. The Hall–Kier alpha value is -2.91. The van der Waals surface area contributed by atoms with Crippen molar-refractivity contribution >= 4 is 31.4 Å². The first-order valence-electron chi connectivity index (χ1n) is 16.0. The predicted molar refractivity (Wildman–Crippen MR) is 181 cm³/mol. The Kier molecular flexibility index (Phi) is 19.1. The number of nitrogens with zero attached hydrogens (tertiary/aromatic N) is 1. The van der Waals surface area contributed by atoms with Crippen LogP contribution >= 0.6 is 7.75 Å². The van der Waals surface area contributed by atoms with Crippen LogP contribution in [0, 0.1) is 5.92 Å². The molecule has 0 aliphatic heterocycles. The van der Waals surface area contributed by atoms with E-state index in [1.54, 1.807) is 43.0 Å². The van der Waals surface area contributed by atoms with Crippen LogP contribution < -0.4 is 76.9 Å². The molecule has 15 heteroatoms. The summed E-state index contributed by atoms with van der Waals surface area (Å²) >= 11 is 0. The molecular weight excluding hydrogens is 690 g/mol. The van der Waals surface area contributed by atoms with E-state index in [1.807, 2.05) is 60.7 Å². The van der Waals surface area contributed by atoms with E-state index in [0.29, 0.717) is 30.8 Å². The van der Waals surface area contributed by atoms with E-state index < -0.39 is 50.1 Å². The molecule has 0 saturated heterocycles. The van der Waals surface area contributed by atoms with Crippen LogP contribution in [0.15, 0.2) is 84.9 Å². The van der Waals surface area contributed by atoms with Crippen molar-refractivity contribution in [1.29, 1.82) is 0 Å². The number of nitrogens with one attached hydrogen (secondary N) is 3. The third-order valence-corrected chi connectivity index (χ3v) is 8.87. The van der Waals surface area contributed by atoms with E-state index in [2.05, 4.69) is 15.7 Å². The molecular formula is C35H44KN4O9P. The van der Waals surface area contributed by atoms with Gasteiger partial charge in [0.05, 0.1) is 25.2 Å². The Labute approximate surface area is 335 Å². The zero-order valence-corrected chi connectivity index (χ0v) is 32.9. The van der Waals surface area contributed by atoms with Gasteiger partial charge in [0.15, 0.2) is 6.61 Å². The van der Waals surface area contributed by atoms with Crippen molar-refractivity contribution in [3.63, 3.8) is 0 Å². The first-order chi connectivity index (χ1) is 23.4. The molecule has 50 heavy (non-hydrogen) atoms. The number of rotatable bonds is 20. The van der Waals surface area contributed by atoms with Crippen LogP contribution in [0.3, 0.4) is 0 Å². The van der Waals surface area contributed by atoms with E-state index >= 15 is 0 Å². The van der Waals surface area contributed by atoms with Crippen molar-refractivity contribution in [3.8, 4) is 5.75 Å². The molecule has 3 aromatic rings. The molecule has 0 bridgehead atoms. The SMILES string of the molecule is CCOP(=O)(O)N[C@H](C(=O)N[C@@H](Cc1ccc(OCC(=O)N(Cc2ccccc2)Cc2ccccc2)cc1)C(=O)NCC(=O)[O-])[C@@H](C)CC.[K+]. The topological polar surface area (TPSA) is 186 Å². The maximum atomic E-state index is 13.3. The number of carbonyl (C=O) groups excluding carboxylic acids is 4. The molecule has 0 fully saturated rings. The Morgan fingerprint density at radius 1 is 0.860 bits per heavy atom. The largest absolute Gasteiger partial charge is 1.00 e. The first kappa shape index (κ1) is 43.3. The maximum absolute atomic E-state index is 13.3. The zero-order chi connectivity index (χ0) is 35.8. The molecule has 13 nitrogen and oxygen atoms in total. The van der Waals surface area contributed by atoms with Gasteiger partial charge in [0.1, 0.15) is 11.8 Å². The number of carbonyl (C=O) groups is 4. The second-order valence-corrected chi connectivity index (χ2v) is 13.0. The number of ether oxygens (including phenoxy) is 1. The smallest absolute Gasteiger partial charge is 0.548 e. The average Bonchev–Trinajstić information content (AvgIpc) is 3.09. The molecule has 0 spiro atoms. The summed E-state index contributed by atoms with van der Waals surface area (Å²) in [6.45, 7) is 4.75. The van der Waals surface area contributed by atoms with Gasteiger partial charge in [0.25, 0.3) is 5.91 Å². The van der Waals surface area contributed by atoms with Gasteiger partial charge in [-0.25, -0.2) is 9.65 Å². The summed E-state index contributed by atoms with van der Waals surface area (Å²) in [6.07, 6.45) is 0.403. The maximum Gasteiger partial charge on any atom is 1.00 e. The molecule has 0 saturated carbocycles. The Morgan fingerprint density at radius 2 is 1.42 bits per heavy atom. The summed E-state index contributed by atoms with van der Waals surface area (Å²) < 4.78 is 23.1. The van der Waals surface area contributed by atoms with Gasteiger partial charge >= 0.3 is 59.1 Å². The van der Waals surface area contributed by atoms with Crippen molar-refractivity contribution in [1.82, 2.24) is 20.6 Å². The van der Waals surface area contributed by atoms with Crippen molar-refractivity contribution in [2.24, 2.45) is 5.92 Å². The third-order valence-electron chi connectivity index (χ3n) is 7.65. The molecule has 3 aromatic carbocycles. The Morgan fingerprint density at radius 3 is 1.92 bits per heavy atom. The standard InChI is InChI=1S/C35H45N4O9P.K/c1-4-25(3)33(38-49(45,46)48-5-2)35(44)37-30(34(43)36-21-32(41)42)20-26-16-18-29(19-17-26)47-24-31(40)39(22-27-12-8-6-9-13-27)23-28-14-10-7-11-15-28;/h6-19,25,30,33H,4-5,20-24H2,1-3H3,(H,36,43)(H,37,44)(H,41,42)(H2,38,45,46);/q;+1/p-1/t25-,30-,33-;/m0./s1. The van der Waals surface area contributed by atoms with Gasteiger partial charge in [0.2, 0.25) is 11.8 Å². The van der Waals surface area contributed by atoms with E-state index in [1.165, 1.54) is 6.92 Å². The van der Waals surface area contributed by atoms with Gasteiger partial charge in [0, 0.05) is 19.5 Å². The van der Waals surface area contributed by atoms with E-state index in [-0.39, 0.29) is 76.9 Å². The van der Waals surface area contributed by atoms with Crippen LogP contribution in [0.1, 0.15) is 43.9 Å². The fraction of sp³-hybridized carbons (Fsp3) is 0.371. The zero-order valence-electron chi connectivity index (χ0n) is 28.9. The summed E-state index contributed by atoms with van der Waals surface area (Å²) in [5.74, 6) is -3.30. The minimum absolute atomic E-state index is 0. The Balaban J connectivity index is 0.00000867. The number of benzene rings is 3. The predicted octanol–water partition coefficient (Wildman–Crippen LogP) is -0.667. The second kappa shape index (κ2) is 22.1. The molecule has 0 radical (unpaired) electrons. The summed E-state index contributed by atoms with van der Waals surface area (Å²) in [5.41, 5.74) is 2.54. The molecule has 264 valence electrons. The normalized spacial score (nSPS) is 13.8. The van der Waals surface area contributed by atoms with Gasteiger partial charge in [-0.3, -0.25) is 18.9 Å². The third kappa shape index (κ3) is 15.1. The van der Waals surface area contributed by atoms with E-state index in [9.17, 15) is 33.7 Å². The molecule has 0 aromatic heterocycles. The summed E-state index contributed by atoms with van der Waals surface area (Å²) in [7, 11) is -4.33. The Bertz CT molecular complexity index is 1520. The molecule has 3 rings (SSSR count). The van der Waals surface area contributed by atoms with Crippen molar-refractivity contribution in [2.45, 2.75) is 58.8 Å². The molecule has 0 aliphatic rings. The molecule has 0 aliphatic carbocycles. The first-order valence-corrected chi connectivity index (χ1v) is 17.6. The van der Waals surface area contributed by atoms with Crippen LogP contribution in [0.5, 0.6) is 5.75 Å². The number of hydrogen-bond donors (Lipinski definition) is 4. The quantitative estimate of drug-likeness (QED) is 0.0858. The molecule has 4 N–H and O–H groups in total. The minimum Gasteiger partial charge on any atom is -0.548 e. The average molecular weight is 735 g/mol. The monoisotopic (exact) mass is 734 g/mol. The minimum atomic E-state index is -4.33. The number of carboxylic acid groups (broad SMARTS) is 1. The number of hydrogen-bond acceptors (Lipinski definition) is 8.